The Morgan fingerprint density at radius 2 is 1.27 bits per heavy atom. The summed E-state index contributed by atoms with van der Waals surface area (Å²) in [7, 11) is 0. The number of amides is 1. The van der Waals surface area contributed by atoms with Crippen LogP contribution in [0.1, 0.15) is 27.7 Å². The third kappa shape index (κ3) is 4.51. The van der Waals surface area contributed by atoms with Gasteiger partial charge in [-0.3, -0.25) is 14.7 Å². The van der Waals surface area contributed by atoms with Crippen LogP contribution in [0.4, 0.5) is 5.69 Å². The molecule has 0 saturated carbocycles. The van der Waals surface area contributed by atoms with Gasteiger partial charge in [-0.15, -0.1) is 0 Å². The van der Waals surface area contributed by atoms with Crippen molar-refractivity contribution in [3.8, 4) is 39.1 Å². The van der Waals surface area contributed by atoms with Crippen molar-refractivity contribution in [1.29, 1.82) is 0 Å². The van der Waals surface area contributed by atoms with E-state index in [1.807, 2.05) is 128 Å². The van der Waals surface area contributed by atoms with E-state index < -0.39 is 6.23 Å². The summed E-state index contributed by atoms with van der Waals surface area (Å²) in [4.78, 5) is 20.9. The number of aromatic nitrogens is 2. The Balaban J connectivity index is 1.29. The van der Waals surface area contributed by atoms with Crippen molar-refractivity contribution < 1.29 is 9.90 Å². The fraction of sp³-hybridized carbons (Fsp3) is 0.0455. The van der Waals surface area contributed by atoms with Crippen LogP contribution in [0.2, 0.25) is 0 Å². The van der Waals surface area contributed by atoms with Gasteiger partial charge in [0, 0.05) is 39.9 Å². The predicted molar refractivity (Wildman–Crippen MR) is 198 cm³/mol. The zero-order valence-electron chi connectivity index (χ0n) is 26.8. The number of aliphatic hydroxyl groups is 1. The van der Waals surface area contributed by atoms with Gasteiger partial charge < -0.3 is 9.67 Å². The molecule has 5 heteroatoms. The van der Waals surface area contributed by atoms with E-state index in [1.165, 1.54) is 0 Å². The molecule has 1 aliphatic heterocycles. The van der Waals surface area contributed by atoms with E-state index in [4.69, 9.17) is 0 Å². The zero-order chi connectivity index (χ0) is 33.1. The first-order valence-electron chi connectivity index (χ1n) is 16.4. The molecule has 0 spiro atoms. The number of para-hydroxylation sites is 2. The third-order valence-corrected chi connectivity index (χ3v) is 9.72. The lowest BCUT2D eigenvalue weighted by Gasteiger charge is -2.27. The van der Waals surface area contributed by atoms with Crippen molar-refractivity contribution in [2.75, 3.05) is 4.90 Å². The van der Waals surface area contributed by atoms with Crippen LogP contribution in [0.25, 0.3) is 60.9 Å². The maximum Gasteiger partial charge on any atom is 0.263 e. The summed E-state index contributed by atoms with van der Waals surface area (Å²) in [6.45, 7) is 2.07. The van der Waals surface area contributed by atoms with Crippen LogP contribution in [0.3, 0.4) is 0 Å². The molecule has 5 nitrogen and oxygen atoms in total. The molecular weight excluding hydrogens is 603 g/mol. The van der Waals surface area contributed by atoms with Gasteiger partial charge in [-0.2, -0.15) is 0 Å². The second kappa shape index (κ2) is 11.4. The highest BCUT2D eigenvalue weighted by Gasteiger charge is 2.41. The van der Waals surface area contributed by atoms with Crippen LogP contribution in [0.15, 0.2) is 158 Å². The summed E-state index contributed by atoms with van der Waals surface area (Å²) < 4.78 is 2.18. The number of hydrogen-bond donors (Lipinski definition) is 1. The summed E-state index contributed by atoms with van der Waals surface area (Å²) in [5.74, 6) is -0.245. The molecule has 0 saturated heterocycles. The molecule has 1 amide bonds. The molecule has 1 N–H and O–H groups in total. The highest BCUT2D eigenvalue weighted by Crippen LogP contribution is 2.48. The number of carbonyl (C=O) groups is 1. The molecule has 1 aliphatic rings. The van der Waals surface area contributed by atoms with Crippen LogP contribution < -0.4 is 4.90 Å². The maximum absolute atomic E-state index is 15.0. The number of aliphatic hydroxyl groups excluding tert-OH is 1. The number of anilines is 1. The number of rotatable bonds is 5. The lowest BCUT2D eigenvalue weighted by Crippen LogP contribution is -2.29. The second-order valence-corrected chi connectivity index (χ2v) is 12.5. The lowest BCUT2D eigenvalue weighted by molar-refractivity contribution is 0.0936. The highest BCUT2D eigenvalue weighted by atomic mass is 16.3. The van der Waals surface area contributed by atoms with E-state index in [0.29, 0.717) is 16.8 Å². The Morgan fingerprint density at radius 1 is 0.612 bits per heavy atom. The van der Waals surface area contributed by atoms with E-state index >= 15 is 4.79 Å². The van der Waals surface area contributed by atoms with E-state index in [9.17, 15) is 5.11 Å². The van der Waals surface area contributed by atoms with Gasteiger partial charge in [0.25, 0.3) is 5.91 Å². The monoisotopic (exact) mass is 633 g/mol. The summed E-state index contributed by atoms with van der Waals surface area (Å²) in [6.07, 6.45) is 2.51. The Morgan fingerprint density at radius 3 is 1.98 bits per heavy atom. The van der Waals surface area contributed by atoms with Crippen LogP contribution in [0.5, 0.6) is 0 Å². The highest BCUT2D eigenvalue weighted by molar-refractivity contribution is 6.18. The molecule has 0 radical (unpaired) electrons. The van der Waals surface area contributed by atoms with Gasteiger partial charge in [-0.05, 0) is 59.0 Å². The Labute approximate surface area is 284 Å². The van der Waals surface area contributed by atoms with Gasteiger partial charge in [0.05, 0.1) is 28.0 Å². The lowest BCUT2D eigenvalue weighted by atomic mass is 9.95. The summed E-state index contributed by atoms with van der Waals surface area (Å²) in [5.41, 5.74) is 11.4. The maximum atomic E-state index is 15.0. The van der Waals surface area contributed by atoms with Crippen molar-refractivity contribution in [3.05, 3.63) is 175 Å². The van der Waals surface area contributed by atoms with Crippen molar-refractivity contribution >= 4 is 33.4 Å². The van der Waals surface area contributed by atoms with Crippen LogP contribution in [0, 0.1) is 6.92 Å². The fourth-order valence-corrected chi connectivity index (χ4v) is 7.49. The first kappa shape index (κ1) is 28.9. The summed E-state index contributed by atoms with van der Waals surface area (Å²) in [5, 5.41) is 14.4. The average molecular weight is 634 g/mol. The Kier molecular flexibility index (Phi) is 6.74. The van der Waals surface area contributed by atoms with Gasteiger partial charge in [-0.1, -0.05) is 121 Å². The predicted octanol–water partition coefficient (Wildman–Crippen LogP) is 10.1. The number of carbonyl (C=O) groups excluding carboxylic acids is 1. The normalized spacial score (nSPS) is 14.1. The molecule has 49 heavy (non-hydrogen) atoms. The van der Waals surface area contributed by atoms with Crippen LogP contribution in [-0.2, 0) is 0 Å². The zero-order valence-corrected chi connectivity index (χ0v) is 26.8. The minimum atomic E-state index is -1.18. The second-order valence-electron chi connectivity index (χ2n) is 12.5. The number of nitrogens with zero attached hydrogens (tertiary/aromatic N) is 3. The molecule has 0 bridgehead atoms. The largest absolute Gasteiger partial charge is 0.369 e. The number of aryl methyl sites for hydroxylation is 1. The van der Waals surface area contributed by atoms with Crippen molar-refractivity contribution in [2.24, 2.45) is 0 Å². The van der Waals surface area contributed by atoms with E-state index in [-0.39, 0.29) is 5.91 Å². The smallest absolute Gasteiger partial charge is 0.263 e. The molecule has 3 heterocycles. The molecule has 0 aliphatic carbocycles. The van der Waals surface area contributed by atoms with Gasteiger partial charge in [-0.25, -0.2) is 0 Å². The molecule has 1 atom stereocenters. The average Bonchev–Trinajstić information content (AvgIpc) is 3.62. The molecule has 6 aromatic carbocycles. The van der Waals surface area contributed by atoms with Gasteiger partial charge in [0.15, 0.2) is 6.23 Å². The van der Waals surface area contributed by atoms with E-state index in [1.54, 1.807) is 4.90 Å². The molecule has 0 fully saturated rings. The van der Waals surface area contributed by atoms with Crippen LogP contribution in [-0.4, -0.2) is 20.6 Å². The molecule has 9 rings (SSSR count). The number of hydrogen-bond acceptors (Lipinski definition) is 3. The summed E-state index contributed by atoms with van der Waals surface area (Å²) >= 11 is 0. The Hall–Kier alpha value is -6.30. The van der Waals surface area contributed by atoms with Crippen molar-refractivity contribution in [2.45, 2.75) is 13.2 Å². The minimum absolute atomic E-state index is 0.245. The first-order valence-corrected chi connectivity index (χ1v) is 16.4. The molecular formula is C44H31N3O2. The van der Waals surface area contributed by atoms with Gasteiger partial charge in [0.1, 0.15) is 0 Å². The molecule has 8 aromatic rings. The Bertz CT molecular complexity index is 2500. The SMILES string of the molecule is Cc1cnccc1-c1ccc2c3ccccc3n(-c3cccc4c3C(=O)N(c3c(-c5ccccc5)cccc3-c3ccccc3)C4O)c2c1. The first-order chi connectivity index (χ1) is 24.1. The quantitative estimate of drug-likeness (QED) is 0.205. The van der Waals surface area contributed by atoms with Crippen molar-refractivity contribution in [3.63, 3.8) is 0 Å². The molecule has 234 valence electrons. The van der Waals surface area contributed by atoms with Gasteiger partial charge in [0.2, 0.25) is 0 Å². The van der Waals surface area contributed by atoms with E-state index in [2.05, 4.69) is 46.8 Å². The minimum Gasteiger partial charge on any atom is -0.369 e. The topological polar surface area (TPSA) is 58.4 Å². The summed E-state index contributed by atoms with van der Waals surface area (Å²) in [6, 6.07) is 48.8. The number of fused-ring (bicyclic) bond motifs is 4. The van der Waals surface area contributed by atoms with Crippen LogP contribution >= 0.6 is 0 Å². The van der Waals surface area contributed by atoms with E-state index in [0.717, 1.165) is 66.4 Å². The fourth-order valence-electron chi connectivity index (χ4n) is 7.49. The number of benzene rings is 6. The standard InChI is InChI=1S/C44H31N3O2/c1-28-27-45-25-24-32(28)31-22-23-36-35-16-8-9-20-38(35)46(40(36)26-31)39-21-11-19-37-41(39)44(49)47(43(37)48)42-33(29-12-4-2-5-13-29)17-10-18-34(42)30-14-6-3-7-15-30/h2-27,43,48H,1H3. The van der Waals surface area contributed by atoms with Crippen molar-refractivity contribution in [1.82, 2.24) is 9.55 Å². The number of pyridine rings is 1. The molecule has 1 unspecified atom stereocenters. The van der Waals surface area contributed by atoms with Gasteiger partial charge >= 0.3 is 0 Å². The third-order valence-electron chi connectivity index (χ3n) is 9.72. The molecule has 2 aromatic heterocycles.